The third-order valence-corrected chi connectivity index (χ3v) is 2.30. The van der Waals surface area contributed by atoms with Crippen LogP contribution in [0.25, 0.3) is 0 Å². The van der Waals surface area contributed by atoms with Gasteiger partial charge in [0.25, 0.3) is 0 Å². The van der Waals surface area contributed by atoms with Gasteiger partial charge in [-0.1, -0.05) is 19.1 Å². The van der Waals surface area contributed by atoms with Crippen LogP contribution in [-0.4, -0.2) is 7.11 Å². The number of ether oxygens (including phenoxy) is 1. The summed E-state index contributed by atoms with van der Waals surface area (Å²) >= 11 is 0. The molecule has 1 rings (SSSR count). The molecule has 0 unspecified atom stereocenters. The van der Waals surface area contributed by atoms with E-state index in [0.717, 1.165) is 23.3 Å². The van der Waals surface area contributed by atoms with Crippen molar-refractivity contribution >= 4 is 12.4 Å². The quantitative estimate of drug-likeness (QED) is 0.842. The van der Waals surface area contributed by atoms with Crippen LogP contribution in [0.4, 0.5) is 0 Å². The summed E-state index contributed by atoms with van der Waals surface area (Å²) in [6.07, 6.45) is 0.951. The highest BCUT2D eigenvalue weighted by Crippen LogP contribution is 2.23. The monoisotopic (exact) mass is 215 g/mol. The molecular weight excluding hydrogens is 198 g/mol. The molecule has 14 heavy (non-hydrogen) atoms. The first-order valence-electron chi connectivity index (χ1n) is 4.59. The lowest BCUT2D eigenvalue weighted by molar-refractivity contribution is 0.410. The van der Waals surface area contributed by atoms with Crippen molar-refractivity contribution in [1.29, 1.82) is 0 Å². The van der Waals surface area contributed by atoms with E-state index in [1.807, 2.05) is 19.1 Å². The predicted molar refractivity (Wildman–Crippen MR) is 62.2 cm³/mol. The van der Waals surface area contributed by atoms with Gasteiger partial charge in [0.05, 0.1) is 7.11 Å². The summed E-state index contributed by atoms with van der Waals surface area (Å²) in [6, 6.07) is 6.24. The van der Waals surface area contributed by atoms with Gasteiger partial charge in [-0.3, -0.25) is 0 Å². The normalized spacial score (nSPS) is 11.7. The van der Waals surface area contributed by atoms with Crippen LogP contribution in [0.3, 0.4) is 0 Å². The Morgan fingerprint density at radius 1 is 1.43 bits per heavy atom. The molecule has 2 N–H and O–H groups in total. The lowest BCUT2D eigenvalue weighted by Gasteiger charge is -2.12. The highest BCUT2D eigenvalue weighted by molar-refractivity contribution is 5.85. The van der Waals surface area contributed by atoms with Crippen LogP contribution < -0.4 is 10.5 Å². The molecule has 0 fully saturated rings. The Kier molecular flexibility index (Phi) is 5.58. The number of aryl methyl sites for hydroxylation is 1. The van der Waals surface area contributed by atoms with E-state index in [2.05, 4.69) is 13.0 Å². The van der Waals surface area contributed by atoms with E-state index >= 15 is 0 Å². The minimum Gasteiger partial charge on any atom is -0.496 e. The van der Waals surface area contributed by atoms with Gasteiger partial charge in [-0.05, 0) is 30.5 Å². The zero-order chi connectivity index (χ0) is 9.84. The molecule has 0 aromatic heterocycles. The lowest BCUT2D eigenvalue weighted by atomic mass is 10.0. The highest BCUT2D eigenvalue weighted by Gasteiger charge is 2.05. The molecule has 0 aliphatic carbocycles. The number of hydrogen-bond acceptors (Lipinski definition) is 2. The molecule has 1 aromatic rings. The van der Waals surface area contributed by atoms with Gasteiger partial charge in [0.2, 0.25) is 0 Å². The largest absolute Gasteiger partial charge is 0.496 e. The second-order valence-corrected chi connectivity index (χ2v) is 3.24. The Labute approximate surface area is 91.9 Å². The maximum absolute atomic E-state index is 5.91. The number of halogens is 1. The van der Waals surface area contributed by atoms with Gasteiger partial charge < -0.3 is 10.5 Å². The molecule has 0 amide bonds. The molecule has 0 bridgehead atoms. The number of methoxy groups -OCH3 is 1. The van der Waals surface area contributed by atoms with Crippen molar-refractivity contribution in [2.24, 2.45) is 5.73 Å². The average Bonchev–Trinajstić information content (AvgIpc) is 2.17. The Morgan fingerprint density at radius 2 is 2.07 bits per heavy atom. The summed E-state index contributed by atoms with van der Waals surface area (Å²) in [7, 11) is 1.68. The minimum atomic E-state index is 0. The van der Waals surface area contributed by atoms with Crippen molar-refractivity contribution in [3.8, 4) is 5.75 Å². The second kappa shape index (κ2) is 5.89. The summed E-state index contributed by atoms with van der Waals surface area (Å²) in [4.78, 5) is 0. The van der Waals surface area contributed by atoms with E-state index in [4.69, 9.17) is 10.5 Å². The van der Waals surface area contributed by atoms with Crippen LogP contribution in [0.15, 0.2) is 18.2 Å². The molecule has 0 aliphatic rings. The molecule has 1 aromatic carbocycles. The Morgan fingerprint density at radius 3 is 2.57 bits per heavy atom. The number of benzene rings is 1. The van der Waals surface area contributed by atoms with Crippen LogP contribution >= 0.6 is 12.4 Å². The first kappa shape index (κ1) is 13.3. The van der Waals surface area contributed by atoms with Crippen LogP contribution in [-0.2, 0) is 0 Å². The van der Waals surface area contributed by atoms with E-state index in [1.165, 1.54) is 0 Å². The van der Waals surface area contributed by atoms with Gasteiger partial charge in [-0.25, -0.2) is 0 Å². The molecule has 0 aliphatic heterocycles. The lowest BCUT2D eigenvalue weighted by Crippen LogP contribution is -2.08. The van der Waals surface area contributed by atoms with Crippen LogP contribution in [0.5, 0.6) is 5.75 Å². The molecule has 0 radical (unpaired) electrons. The minimum absolute atomic E-state index is 0. The SMILES string of the molecule is CC[C@@H](N)c1ccc(C)c(OC)c1.Cl. The standard InChI is InChI=1S/C11H17NO.ClH/c1-4-10(12)9-6-5-8(2)11(7-9)13-3;/h5-7,10H,4,12H2,1-3H3;1H/t10-;/m1./s1. The van der Waals surface area contributed by atoms with Crippen molar-refractivity contribution in [1.82, 2.24) is 0 Å². The molecule has 2 nitrogen and oxygen atoms in total. The third-order valence-electron chi connectivity index (χ3n) is 2.30. The van der Waals surface area contributed by atoms with Crippen LogP contribution in [0.1, 0.15) is 30.5 Å². The summed E-state index contributed by atoms with van der Waals surface area (Å²) in [5.74, 6) is 0.918. The van der Waals surface area contributed by atoms with Crippen LogP contribution in [0.2, 0.25) is 0 Å². The van der Waals surface area contributed by atoms with E-state index in [-0.39, 0.29) is 18.4 Å². The molecule has 0 saturated carbocycles. The third kappa shape index (κ3) is 2.89. The maximum Gasteiger partial charge on any atom is 0.122 e. The van der Waals surface area contributed by atoms with E-state index < -0.39 is 0 Å². The van der Waals surface area contributed by atoms with Gasteiger partial charge in [-0.2, -0.15) is 0 Å². The average molecular weight is 216 g/mol. The summed E-state index contributed by atoms with van der Waals surface area (Å²) in [5, 5.41) is 0. The summed E-state index contributed by atoms with van der Waals surface area (Å²) in [6.45, 7) is 4.11. The van der Waals surface area contributed by atoms with E-state index in [0.29, 0.717) is 0 Å². The molecule has 1 atom stereocenters. The smallest absolute Gasteiger partial charge is 0.122 e. The molecule has 0 heterocycles. The fourth-order valence-corrected chi connectivity index (χ4v) is 1.30. The molecule has 0 saturated heterocycles. The first-order chi connectivity index (χ1) is 6.19. The van der Waals surface area contributed by atoms with Gasteiger partial charge >= 0.3 is 0 Å². The van der Waals surface area contributed by atoms with Gasteiger partial charge in [0.15, 0.2) is 0 Å². The predicted octanol–water partition coefficient (Wildman–Crippen LogP) is 2.84. The molecule has 80 valence electrons. The van der Waals surface area contributed by atoms with Gasteiger partial charge in [-0.15, -0.1) is 12.4 Å². The Bertz CT molecular complexity index is 289. The first-order valence-corrected chi connectivity index (χ1v) is 4.59. The van der Waals surface area contributed by atoms with E-state index in [1.54, 1.807) is 7.11 Å². The second-order valence-electron chi connectivity index (χ2n) is 3.24. The van der Waals surface area contributed by atoms with Crippen molar-refractivity contribution in [2.75, 3.05) is 7.11 Å². The number of nitrogens with two attached hydrogens (primary N) is 1. The zero-order valence-corrected chi connectivity index (χ0v) is 9.73. The van der Waals surface area contributed by atoms with Crippen molar-refractivity contribution in [3.05, 3.63) is 29.3 Å². The molecular formula is C11H18ClNO. The molecule has 0 spiro atoms. The number of rotatable bonds is 3. The maximum atomic E-state index is 5.91. The fourth-order valence-electron chi connectivity index (χ4n) is 1.30. The van der Waals surface area contributed by atoms with E-state index in [9.17, 15) is 0 Å². The van der Waals surface area contributed by atoms with Crippen molar-refractivity contribution in [3.63, 3.8) is 0 Å². The number of hydrogen-bond donors (Lipinski definition) is 1. The zero-order valence-electron chi connectivity index (χ0n) is 8.91. The Balaban J connectivity index is 0.00000169. The summed E-state index contributed by atoms with van der Waals surface area (Å²) < 4.78 is 5.22. The Hall–Kier alpha value is -0.730. The van der Waals surface area contributed by atoms with Crippen molar-refractivity contribution < 1.29 is 4.74 Å². The van der Waals surface area contributed by atoms with Gasteiger partial charge in [0, 0.05) is 6.04 Å². The van der Waals surface area contributed by atoms with Crippen molar-refractivity contribution in [2.45, 2.75) is 26.3 Å². The summed E-state index contributed by atoms with van der Waals surface area (Å²) in [5.41, 5.74) is 8.20. The van der Waals surface area contributed by atoms with Gasteiger partial charge in [0.1, 0.15) is 5.75 Å². The highest BCUT2D eigenvalue weighted by atomic mass is 35.5. The van der Waals surface area contributed by atoms with Crippen LogP contribution in [0, 0.1) is 6.92 Å². The fraction of sp³-hybridized carbons (Fsp3) is 0.455. The topological polar surface area (TPSA) is 35.2 Å². The molecule has 3 heteroatoms.